The molecule has 0 radical (unpaired) electrons. The minimum absolute atomic E-state index is 0.212. The third-order valence-electron chi connectivity index (χ3n) is 4.72. The average Bonchev–Trinajstić information content (AvgIpc) is 3.15. The lowest BCUT2D eigenvalue weighted by atomic mass is 10.2. The Morgan fingerprint density at radius 1 is 0.931 bits per heavy atom. The number of para-hydroxylation sites is 3. The number of fused-ring (bicyclic) bond motifs is 1. The summed E-state index contributed by atoms with van der Waals surface area (Å²) in [4.78, 5) is 17.4. The van der Waals surface area contributed by atoms with Gasteiger partial charge in [0.05, 0.1) is 37.4 Å². The largest absolute Gasteiger partial charge is 0.497 e. The molecule has 0 saturated heterocycles. The number of hydrogen-bond acceptors (Lipinski definition) is 4. The number of benzene rings is 3. The van der Waals surface area contributed by atoms with Gasteiger partial charge in [-0.25, -0.2) is 4.98 Å². The van der Waals surface area contributed by atoms with E-state index >= 15 is 0 Å². The van der Waals surface area contributed by atoms with Crippen LogP contribution in [0.2, 0.25) is 0 Å². The minimum atomic E-state index is -0.212. The second kappa shape index (κ2) is 8.06. The fourth-order valence-corrected chi connectivity index (χ4v) is 3.30. The third kappa shape index (κ3) is 3.65. The van der Waals surface area contributed by atoms with Crippen molar-refractivity contribution in [3.8, 4) is 17.2 Å². The first-order chi connectivity index (χ1) is 14.2. The van der Waals surface area contributed by atoms with Crippen molar-refractivity contribution < 1.29 is 14.3 Å². The summed E-state index contributed by atoms with van der Waals surface area (Å²) in [5.74, 6) is 1.84. The molecule has 6 nitrogen and oxygen atoms in total. The number of hydrogen-bond donors (Lipinski definition) is 1. The van der Waals surface area contributed by atoms with Crippen LogP contribution in [0.5, 0.6) is 11.5 Å². The van der Waals surface area contributed by atoms with Crippen LogP contribution in [0, 0.1) is 0 Å². The Morgan fingerprint density at radius 2 is 1.66 bits per heavy atom. The quantitative estimate of drug-likeness (QED) is 0.544. The Hall–Kier alpha value is -3.80. The fourth-order valence-electron chi connectivity index (χ4n) is 3.30. The van der Waals surface area contributed by atoms with E-state index in [1.54, 1.807) is 26.4 Å². The highest BCUT2D eigenvalue weighted by molar-refractivity contribution is 5.96. The van der Waals surface area contributed by atoms with Crippen molar-refractivity contribution in [2.24, 2.45) is 0 Å². The Kier molecular flexibility index (Phi) is 5.16. The van der Waals surface area contributed by atoms with Crippen LogP contribution in [0.4, 0.5) is 0 Å². The van der Waals surface area contributed by atoms with Gasteiger partial charge in [0.2, 0.25) is 0 Å². The lowest BCUT2D eigenvalue weighted by molar-refractivity contribution is 0.0946. The van der Waals surface area contributed by atoms with Gasteiger partial charge in [0.1, 0.15) is 17.3 Å². The van der Waals surface area contributed by atoms with E-state index in [9.17, 15) is 4.79 Å². The molecule has 6 heteroatoms. The van der Waals surface area contributed by atoms with Crippen molar-refractivity contribution in [3.63, 3.8) is 0 Å². The first kappa shape index (κ1) is 18.6. The van der Waals surface area contributed by atoms with Gasteiger partial charge in [0.15, 0.2) is 0 Å². The smallest absolute Gasteiger partial charge is 0.255 e. The molecule has 0 aliphatic heterocycles. The summed E-state index contributed by atoms with van der Waals surface area (Å²) in [6, 6.07) is 22.8. The first-order valence-corrected chi connectivity index (χ1v) is 9.23. The van der Waals surface area contributed by atoms with E-state index in [4.69, 9.17) is 14.5 Å². The summed E-state index contributed by atoms with van der Waals surface area (Å²) < 4.78 is 12.6. The minimum Gasteiger partial charge on any atom is -0.497 e. The maximum absolute atomic E-state index is 12.7. The highest BCUT2D eigenvalue weighted by Crippen LogP contribution is 2.24. The molecule has 0 aliphatic rings. The summed E-state index contributed by atoms with van der Waals surface area (Å²) in [5.41, 5.74) is 3.27. The van der Waals surface area contributed by atoms with Crippen molar-refractivity contribution in [1.82, 2.24) is 14.9 Å². The molecule has 4 rings (SSSR count). The molecule has 0 atom stereocenters. The van der Waals surface area contributed by atoms with Crippen LogP contribution >= 0.6 is 0 Å². The molecule has 4 aromatic rings. The molecular formula is C23H21N3O3. The van der Waals surface area contributed by atoms with Crippen molar-refractivity contribution in [3.05, 3.63) is 84.2 Å². The zero-order valence-electron chi connectivity index (χ0n) is 16.3. The van der Waals surface area contributed by atoms with Gasteiger partial charge >= 0.3 is 0 Å². The number of ether oxygens (including phenoxy) is 2. The maximum atomic E-state index is 12.7. The average molecular weight is 387 g/mol. The predicted molar refractivity (Wildman–Crippen MR) is 112 cm³/mol. The van der Waals surface area contributed by atoms with Crippen molar-refractivity contribution in [1.29, 1.82) is 0 Å². The van der Waals surface area contributed by atoms with Crippen LogP contribution in [0.3, 0.4) is 0 Å². The molecule has 0 saturated carbocycles. The third-order valence-corrected chi connectivity index (χ3v) is 4.72. The summed E-state index contributed by atoms with van der Waals surface area (Å²) in [7, 11) is 3.19. The van der Waals surface area contributed by atoms with Gasteiger partial charge in [-0.1, -0.05) is 24.3 Å². The van der Waals surface area contributed by atoms with E-state index < -0.39 is 0 Å². The second-order valence-electron chi connectivity index (χ2n) is 6.43. The molecule has 3 aromatic carbocycles. The number of imidazole rings is 1. The van der Waals surface area contributed by atoms with Crippen LogP contribution in [0.25, 0.3) is 16.7 Å². The van der Waals surface area contributed by atoms with E-state index in [-0.39, 0.29) is 12.5 Å². The Bertz CT molecular complexity index is 1150. The van der Waals surface area contributed by atoms with Crippen LogP contribution < -0.4 is 14.8 Å². The number of amides is 1. The molecule has 1 aromatic heterocycles. The number of carbonyl (C=O) groups excluding carboxylic acids is 1. The number of aromatic nitrogens is 2. The van der Waals surface area contributed by atoms with E-state index in [0.29, 0.717) is 11.3 Å². The fraction of sp³-hybridized carbons (Fsp3) is 0.130. The van der Waals surface area contributed by atoms with E-state index in [1.165, 1.54) is 0 Å². The van der Waals surface area contributed by atoms with Crippen LogP contribution in [0.1, 0.15) is 16.2 Å². The summed E-state index contributed by atoms with van der Waals surface area (Å²) in [6.45, 7) is 0.275. The van der Waals surface area contributed by atoms with Gasteiger partial charge < -0.3 is 14.8 Å². The van der Waals surface area contributed by atoms with Crippen LogP contribution in [0.15, 0.2) is 72.8 Å². The normalized spacial score (nSPS) is 10.7. The van der Waals surface area contributed by atoms with E-state index in [2.05, 4.69) is 5.32 Å². The van der Waals surface area contributed by atoms with Gasteiger partial charge in [-0.2, -0.15) is 0 Å². The Morgan fingerprint density at radius 3 is 2.41 bits per heavy atom. The SMILES string of the molecule is COc1ccc(-n2c(CNC(=O)c3ccccc3OC)nc3ccccc32)cc1. The van der Waals surface area contributed by atoms with Crippen LogP contribution in [-0.4, -0.2) is 29.7 Å². The molecular weight excluding hydrogens is 366 g/mol. The molecule has 0 unspecified atom stereocenters. The number of nitrogens with zero attached hydrogens (tertiary/aromatic N) is 2. The van der Waals surface area contributed by atoms with Gasteiger partial charge in [-0.05, 0) is 48.5 Å². The molecule has 1 heterocycles. The van der Waals surface area contributed by atoms with Gasteiger partial charge in [-0.15, -0.1) is 0 Å². The summed E-state index contributed by atoms with van der Waals surface area (Å²) in [5, 5.41) is 2.96. The Balaban J connectivity index is 1.67. The van der Waals surface area contributed by atoms with Crippen molar-refractivity contribution in [2.75, 3.05) is 14.2 Å². The lowest BCUT2D eigenvalue weighted by Gasteiger charge is -2.12. The van der Waals surface area contributed by atoms with Gasteiger partial charge in [-0.3, -0.25) is 9.36 Å². The van der Waals surface area contributed by atoms with E-state index in [0.717, 1.165) is 28.3 Å². The summed E-state index contributed by atoms with van der Waals surface area (Å²) >= 11 is 0. The monoisotopic (exact) mass is 387 g/mol. The number of methoxy groups -OCH3 is 2. The number of rotatable bonds is 6. The van der Waals surface area contributed by atoms with Gasteiger partial charge in [0.25, 0.3) is 5.91 Å². The predicted octanol–water partition coefficient (Wildman–Crippen LogP) is 3.97. The zero-order chi connectivity index (χ0) is 20.2. The number of carbonyl (C=O) groups is 1. The Labute approximate surface area is 168 Å². The molecule has 29 heavy (non-hydrogen) atoms. The van der Waals surface area contributed by atoms with Crippen molar-refractivity contribution >= 4 is 16.9 Å². The highest BCUT2D eigenvalue weighted by atomic mass is 16.5. The topological polar surface area (TPSA) is 65.4 Å². The second-order valence-corrected chi connectivity index (χ2v) is 6.43. The lowest BCUT2D eigenvalue weighted by Crippen LogP contribution is -2.25. The molecule has 0 fully saturated rings. The summed E-state index contributed by atoms with van der Waals surface area (Å²) in [6.07, 6.45) is 0. The molecule has 0 aliphatic carbocycles. The molecule has 1 N–H and O–H groups in total. The number of nitrogens with one attached hydrogen (secondary N) is 1. The highest BCUT2D eigenvalue weighted by Gasteiger charge is 2.15. The molecule has 1 amide bonds. The molecule has 146 valence electrons. The standard InChI is InChI=1S/C23H21N3O3/c1-28-17-13-11-16(12-14-17)26-20-9-5-4-8-19(20)25-22(26)15-24-23(27)18-7-3-6-10-21(18)29-2/h3-14H,15H2,1-2H3,(H,24,27). The first-order valence-electron chi connectivity index (χ1n) is 9.23. The zero-order valence-corrected chi connectivity index (χ0v) is 16.3. The molecule has 0 spiro atoms. The molecule has 0 bridgehead atoms. The van der Waals surface area contributed by atoms with Crippen LogP contribution in [-0.2, 0) is 6.54 Å². The van der Waals surface area contributed by atoms with E-state index in [1.807, 2.05) is 65.2 Å². The van der Waals surface area contributed by atoms with Crippen molar-refractivity contribution in [2.45, 2.75) is 6.54 Å². The van der Waals surface area contributed by atoms with Gasteiger partial charge in [0, 0.05) is 5.69 Å². The maximum Gasteiger partial charge on any atom is 0.255 e.